The van der Waals surface area contributed by atoms with Crippen LogP contribution in [0.4, 0.5) is 0 Å². The first-order valence-corrected chi connectivity index (χ1v) is 4.57. The maximum Gasteiger partial charge on any atom is 0.132 e. The van der Waals surface area contributed by atoms with Gasteiger partial charge in [-0.05, 0) is 11.6 Å². The Labute approximate surface area is 83.5 Å². The second kappa shape index (κ2) is 3.92. The van der Waals surface area contributed by atoms with Crippen LogP contribution in [-0.4, -0.2) is 9.55 Å². The Morgan fingerprint density at radius 2 is 1.93 bits per heavy atom. The Kier molecular flexibility index (Phi) is 2.45. The lowest BCUT2D eigenvalue weighted by molar-refractivity contribution is 0.898. The van der Waals surface area contributed by atoms with Gasteiger partial charge in [-0.3, -0.25) is 0 Å². The van der Waals surface area contributed by atoms with Crippen molar-refractivity contribution in [2.45, 2.75) is 0 Å². The van der Waals surface area contributed by atoms with Gasteiger partial charge in [0.05, 0.1) is 0 Å². The number of hydrogen-bond acceptors (Lipinski definition) is 1. The van der Waals surface area contributed by atoms with E-state index < -0.39 is 0 Å². The third-order valence-electron chi connectivity index (χ3n) is 2.08. The molecule has 2 nitrogen and oxygen atoms in total. The molecule has 14 heavy (non-hydrogen) atoms. The fraction of sp³-hybridized carbons (Fsp3) is 0.0833. The summed E-state index contributed by atoms with van der Waals surface area (Å²) in [5.74, 6) is 0.967. The molecule has 0 aliphatic heterocycles. The SMILES string of the molecule is Cn1ccnc1C=Cc1ccccc1. The molecular weight excluding hydrogens is 172 g/mol. The van der Waals surface area contributed by atoms with Crippen LogP contribution in [0.3, 0.4) is 0 Å². The van der Waals surface area contributed by atoms with Crippen molar-refractivity contribution in [3.63, 3.8) is 0 Å². The van der Waals surface area contributed by atoms with Gasteiger partial charge in [-0.15, -0.1) is 0 Å². The van der Waals surface area contributed by atoms with Gasteiger partial charge in [0.2, 0.25) is 0 Å². The van der Waals surface area contributed by atoms with Crippen LogP contribution >= 0.6 is 0 Å². The van der Waals surface area contributed by atoms with Crippen molar-refractivity contribution in [3.8, 4) is 0 Å². The van der Waals surface area contributed by atoms with Gasteiger partial charge in [0.25, 0.3) is 0 Å². The van der Waals surface area contributed by atoms with Gasteiger partial charge < -0.3 is 4.57 Å². The summed E-state index contributed by atoms with van der Waals surface area (Å²) in [7, 11) is 1.98. The molecule has 0 radical (unpaired) electrons. The standard InChI is InChI=1S/C12H12N2/c1-14-10-9-13-12(14)8-7-11-5-3-2-4-6-11/h2-10H,1H3. The molecule has 0 aliphatic carbocycles. The zero-order chi connectivity index (χ0) is 9.80. The number of hydrogen-bond donors (Lipinski definition) is 0. The molecule has 1 aromatic carbocycles. The molecular formula is C12H12N2. The van der Waals surface area contributed by atoms with E-state index >= 15 is 0 Å². The Morgan fingerprint density at radius 1 is 1.14 bits per heavy atom. The van der Waals surface area contributed by atoms with Crippen molar-refractivity contribution >= 4 is 12.2 Å². The lowest BCUT2D eigenvalue weighted by Crippen LogP contribution is -1.88. The highest BCUT2D eigenvalue weighted by Crippen LogP contribution is 2.05. The van der Waals surface area contributed by atoms with Crippen LogP contribution in [0.5, 0.6) is 0 Å². The minimum absolute atomic E-state index is 0.967. The molecule has 0 spiro atoms. The van der Waals surface area contributed by atoms with E-state index in [0.717, 1.165) is 5.82 Å². The number of aryl methyl sites for hydroxylation is 1. The van der Waals surface area contributed by atoms with Crippen molar-refractivity contribution in [3.05, 3.63) is 54.1 Å². The summed E-state index contributed by atoms with van der Waals surface area (Å²) in [6, 6.07) is 10.2. The van der Waals surface area contributed by atoms with Crippen LogP contribution in [-0.2, 0) is 7.05 Å². The fourth-order valence-corrected chi connectivity index (χ4v) is 1.27. The molecule has 1 aromatic heterocycles. The third kappa shape index (κ3) is 1.91. The van der Waals surface area contributed by atoms with Crippen LogP contribution in [0.1, 0.15) is 11.4 Å². The van der Waals surface area contributed by atoms with Gasteiger partial charge >= 0.3 is 0 Å². The summed E-state index contributed by atoms with van der Waals surface area (Å²) in [5.41, 5.74) is 1.19. The first-order chi connectivity index (χ1) is 6.86. The van der Waals surface area contributed by atoms with E-state index in [-0.39, 0.29) is 0 Å². The molecule has 0 saturated heterocycles. The molecule has 0 unspecified atom stereocenters. The monoisotopic (exact) mass is 184 g/mol. The molecule has 0 fully saturated rings. The van der Waals surface area contributed by atoms with E-state index in [2.05, 4.69) is 23.2 Å². The largest absolute Gasteiger partial charge is 0.335 e. The average Bonchev–Trinajstić information content (AvgIpc) is 2.63. The Morgan fingerprint density at radius 3 is 2.57 bits per heavy atom. The highest BCUT2D eigenvalue weighted by atomic mass is 15.0. The summed E-state index contributed by atoms with van der Waals surface area (Å²) >= 11 is 0. The van der Waals surface area contributed by atoms with E-state index in [1.54, 1.807) is 6.20 Å². The summed E-state index contributed by atoms with van der Waals surface area (Å²) in [6.07, 6.45) is 7.80. The van der Waals surface area contributed by atoms with Gasteiger partial charge in [0, 0.05) is 19.4 Å². The number of imidazole rings is 1. The molecule has 0 bridgehead atoms. The Balaban J connectivity index is 2.20. The van der Waals surface area contributed by atoms with Gasteiger partial charge in [-0.1, -0.05) is 36.4 Å². The maximum atomic E-state index is 4.21. The van der Waals surface area contributed by atoms with Crippen molar-refractivity contribution in [2.24, 2.45) is 7.05 Å². The number of rotatable bonds is 2. The van der Waals surface area contributed by atoms with Crippen LogP contribution in [0, 0.1) is 0 Å². The first kappa shape index (κ1) is 8.75. The smallest absolute Gasteiger partial charge is 0.132 e. The third-order valence-corrected chi connectivity index (χ3v) is 2.08. The molecule has 0 atom stereocenters. The second-order valence-electron chi connectivity index (χ2n) is 3.14. The normalized spacial score (nSPS) is 10.9. The molecule has 2 aromatic rings. The predicted octanol–water partition coefficient (Wildman–Crippen LogP) is 2.59. The number of aromatic nitrogens is 2. The van der Waals surface area contributed by atoms with Crippen molar-refractivity contribution in [1.82, 2.24) is 9.55 Å². The summed E-state index contributed by atoms with van der Waals surface area (Å²) in [4.78, 5) is 4.21. The second-order valence-corrected chi connectivity index (χ2v) is 3.14. The Bertz CT molecular complexity index is 427. The molecule has 0 aliphatic rings. The van der Waals surface area contributed by atoms with E-state index in [4.69, 9.17) is 0 Å². The minimum Gasteiger partial charge on any atom is -0.335 e. The van der Waals surface area contributed by atoms with Crippen LogP contribution in [0.15, 0.2) is 42.7 Å². The molecule has 2 rings (SSSR count). The van der Waals surface area contributed by atoms with Gasteiger partial charge in [0.1, 0.15) is 5.82 Å². The van der Waals surface area contributed by atoms with Gasteiger partial charge in [-0.2, -0.15) is 0 Å². The number of benzene rings is 1. The highest BCUT2D eigenvalue weighted by molar-refractivity contribution is 5.66. The average molecular weight is 184 g/mol. The summed E-state index contributed by atoms with van der Waals surface area (Å²) < 4.78 is 1.99. The van der Waals surface area contributed by atoms with Gasteiger partial charge in [-0.25, -0.2) is 4.98 Å². The maximum absolute atomic E-state index is 4.21. The lowest BCUT2D eigenvalue weighted by Gasteiger charge is -1.94. The molecule has 0 amide bonds. The molecule has 2 heteroatoms. The quantitative estimate of drug-likeness (QED) is 0.701. The van der Waals surface area contributed by atoms with Crippen LogP contribution in [0.25, 0.3) is 12.2 Å². The van der Waals surface area contributed by atoms with E-state index in [1.807, 2.05) is 42.1 Å². The zero-order valence-electron chi connectivity index (χ0n) is 8.09. The lowest BCUT2D eigenvalue weighted by atomic mass is 10.2. The Hall–Kier alpha value is -1.83. The van der Waals surface area contributed by atoms with E-state index in [9.17, 15) is 0 Å². The molecule has 0 N–H and O–H groups in total. The van der Waals surface area contributed by atoms with E-state index in [1.165, 1.54) is 5.56 Å². The molecule has 0 saturated carbocycles. The van der Waals surface area contributed by atoms with Crippen molar-refractivity contribution in [1.29, 1.82) is 0 Å². The fourth-order valence-electron chi connectivity index (χ4n) is 1.27. The molecule has 1 heterocycles. The zero-order valence-corrected chi connectivity index (χ0v) is 8.09. The summed E-state index contributed by atoms with van der Waals surface area (Å²) in [5, 5.41) is 0. The van der Waals surface area contributed by atoms with E-state index in [0.29, 0.717) is 0 Å². The topological polar surface area (TPSA) is 17.8 Å². The molecule has 70 valence electrons. The highest BCUT2D eigenvalue weighted by Gasteiger charge is 1.91. The minimum atomic E-state index is 0.967. The summed E-state index contributed by atoms with van der Waals surface area (Å²) in [6.45, 7) is 0. The van der Waals surface area contributed by atoms with Crippen LogP contribution < -0.4 is 0 Å². The van der Waals surface area contributed by atoms with Crippen LogP contribution in [0.2, 0.25) is 0 Å². The van der Waals surface area contributed by atoms with Crippen molar-refractivity contribution in [2.75, 3.05) is 0 Å². The van der Waals surface area contributed by atoms with Gasteiger partial charge in [0.15, 0.2) is 0 Å². The first-order valence-electron chi connectivity index (χ1n) is 4.57. The van der Waals surface area contributed by atoms with Crippen molar-refractivity contribution < 1.29 is 0 Å². The predicted molar refractivity (Wildman–Crippen MR) is 58.6 cm³/mol. The number of nitrogens with zero attached hydrogens (tertiary/aromatic N) is 2.